The highest BCUT2D eigenvalue weighted by Crippen LogP contribution is 2.36. The Morgan fingerprint density at radius 3 is 2.52 bits per heavy atom. The SMILES string of the molecule is O=C(O)C(F)(F)F.O=C(O)CC(Cc1nnc(CCCc2ccc3c(n2)NCCC3)o1)c1ccc2c(c1)OCO2. The van der Waals surface area contributed by atoms with E-state index in [1.54, 1.807) is 6.07 Å². The molecule has 1 unspecified atom stereocenters. The van der Waals surface area contributed by atoms with Crippen molar-refractivity contribution in [3.63, 3.8) is 0 Å². The summed E-state index contributed by atoms with van der Waals surface area (Å²) < 4.78 is 48.3. The van der Waals surface area contributed by atoms with Crippen molar-refractivity contribution < 1.29 is 46.9 Å². The van der Waals surface area contributed by atoms with Gasteiger partial charge in [-0.1, -0.05) is 12.1 Å². The third-order valence-corrected chi connectivity index (χ3v) is 6.24. The maximum absolute atomic E-state index is 11.4. The standard InChI is InChI=1S/C24H26N4O5.C2HF3O2/c29-23(30)13-17(16-7-9-19-20(11-16)32-14-31-19)12-22-28-27-21(33-22)5-1-4-18-8-6-15-3-2-10-25-24(15)26-18;3-2(4,5)1(6)7/h6-9,11,17H,1-5,10,12-14H2,(H,25,26)(H,29,30);(H,6,7). The molecule has 5 rings (SSSR count). The summed E-state index contributed by atoms with van der Waals surface area (Å²) in [6.07, 6.45) is -0.246. The van der Waals surface area contributed by atoms with Crippen molar-refractivity contribution >= 4 is 17.8 Å². The Bertz CT molecular complexity index is 1350. The molecule has 3 N–H and O–H groups in total. The molecule has 0 fully saturated rings. The minimum atomic E-state index is -5.08. The highest BCUT2D eigenvalue weighted by molar-refractivity contribution is 5.73. The van der Waals surface area contributed by atoms with E-state index in [2.05, 4.69) is 27.6 Å². The Morgan fingerprint density at radius 2 is 1.77 bits per heavy atom. The number of aryl methyl sites for hydroxylation is 3. The van der Waals surface area contributed by atoms with Crippen molar-refractivity contribution in [1.29, 1.82) is 0 Å². The lowest BCUT2D eigenvalue weighted by molar-refractivity contribution is -0.192. The van der Waals surface area contributed by atoms with Crippen molar-refractivity contribution in [3.8, 4) is 11.5 Å². The molecule has 40 heavy (non-hydrogen) atoms. The first-order chi connectivity index (χ1) is 19.1. The van der Waals surface area contributed by atoms with Crippen molar-refractivity contribution in [2.45, 2.75) is 57.0 Å². The van der Waals surface area contributed by atoms with E-state index in [0.717, 1.165) is 49.3 Å². The third kappa shape index (κ3) is 7.83. The number of carbonyl (C=O) groups is 2. The molecule has 0 spiro atoms. The van der Waals surface area contributed by atoms with Gasteiger partial charge in [0, 0.05) is 31.0 Å². The number of aliphatic carboxylic acids is 2. The number of carboxylic acid groups (broad SMARTS) is 2. The predicted molar refractivity (Wildman–Crippen MR) is 132 cm³/mol. The van der Waals surface area contributed by atoms with Gasteiger partial charge in [0.2, 0.25) is 18.6 Å². The molecule has 1 atom stereocenters. The molecule has 0 aliphatic carbocycles. The number of nitrogens with zero attached hydrogens (tertiary/aromatic N) is 3. The van der Waals surface area contributed by atoms with Gasteiger partial charge in [-0.15, -0.1) is 10.2 Å². The minimum absolute atomic E-state index is 0.0462. The second-order valence-corrected chi connectivity index (χ2v) is 9.20. The molecule has 11 nitrogen and oxygen atoms in total. The lowest BCUT2D eigenvalue weighted by Crippen LogP contribution is -2.21. The van der Waals surface area contributed by atoms with Crippen LogP contribution in [0.15, 0.2) is 34.7 Å². The third-order valence-electron chi connectivity index (χ3n) is 6.24. The van der Waals surface area contributed by atoms with Crippen LogP contribution in [0, 0.1) is 0 Å². The number of anilines is 1. The van der Waals surface area contributed by atoms with Crippen LogP contribution in [0.3, 0.4) is 0 Å². The molecule has 0 saturated carbocycles. The number of hydrogen-bond acceptors (Lipinski definition) is 9. The fourth-order valence-corrected chi connectivity index (χ4v) is 4.30. The molecule has 0 bridgehead atoms. The Morgan fingerprint density at radius 1 is 1.02 bits per heavy atom. The lowest BCUT2D eigenvalue weighted by Gasteiger charge is -2.17. The molecule has 1 aromatic carbocycles. The topological polar surface area (TPSA) is 157 Å². The number of alkyl halides is 3. The van der Waals surface area contributed by atoms with Crippen LogP contribution in [-0.4, -0.2) is 56.8 Å². The fourth-order valence-electron chi connectivity index (χ4n) is 4.30. The van der Waals surface area contributed by atoms with Gasteiger partial charge in [-0.25, -0.2) is 9.78 Å². The number of halogens is 3. The molecule has 4 heterocycles. The maximum atomic E-state index is 11.4. The number of nitrogens with one attached hydrogen (secondary N) is 1. The zero-order valence-corrected chi connectivity index (χ0v) is 21.2. The van der Waals surface area contributed by atoms with E-state index in [1.165, 1.54) is 5.56 Å². The maximum Gasteiger partial charge on any atom is 0.490 e. The van der Waals surface area contributed by atoms with Gasteiger partial charge in [0.15, 0.2) is 11.5 Å². The summed E-state index contributed by atoms with van der Waals surface area (Å²) in [7, 11) is 0. The normalized spacial score (nSPS) is 14.4. The molecule has 0 saturated heterocycles. The first kappa shape index (κ1) is 28.6. The van der Waals surface area contributed by atoms with E-state index in [0.29, 0.717) is 36.1 Å². The fraction of sp³-hybridized carbons (Fsp3) is 0.423. The number of aromatic nitrogens is 3. The molecular formula is C26H27F3N4O7. The highest BCUT2D eigenvalue weighted by atomic mass is 19.4. The van der Waals surface area contributed by atoms with Crippen LogP contribution in [0.2, 0.25) is 0 Å². The van der Waals surface area contributed by atoms with Crippen LogP contribution >= 0.6 is 0 Å². The lowest BCUT2D eigenvalue weighted by atomic mass is 9.92. The van der Waals surface area contributed by atoms with Gasteiger partial charge in [0.25, 0.3) is 0 Å². The van der Waals surface area contributed by atoms with Gasteiger partial charge in [0.05, 0.1) is 6.42 Å². The average molecular weight is 565 g/mol. The van der Waals surface area contributed by atoms with Gasteiger partial charge in [-0.3, -0.25) is 4.79 Å². The van der Waals surface area contributed by atoms with Crippen LogP contribution in [0.1, 0.15) is 53.8 Å². The Labute approximate surface area is 226 Å². The molecule has 214 valence electrons. The second kappa shape index (κ2) is 12.7. The van der Waals surface area contributed by atoms with Gasteiger partial charge in [-0.05, 0) is 55.0 Å². The molecule has 14 heteroatoms. The molecule has 2 aliphatic heterocycles. The first-order valence-corrected chi connectivity index (χ1v) is 12.5. The second-order valence-electron chi connectivity index (χ2n) is 9.20. The van der Waals surface area contributed by atoms with E-state index in [-0.39, 0.29) is 19.1 Å². The molecule has 0 radical (unpaired) electrons. The minimum Gasteiger partial charge on any atom is -0.481 e. The van der Waals surface area contributed by atoms with Crippen LogP contribution in [0.4, 0.5) is 19.0 Å². The molecule has 0 amide bonds. The van der Waals surface area contributed by atoms with E-state index in [9.17, 15) is 23.1 Å². The van der Waals surface area contributed by atoms with E-state index in [1.807, 2.05) is 12.1 Å². The smallest absolute Gasteiger partial charge is 0.481 e. The van der Waals surface area contributed by atoms with E-state index < -0.39 is 18.1 Å². The summed E-state index contributed by atoms with van der Waals surface area (Å²) in [4.78, 5) is 25.1. The van der Waals surface area contributed by atoms with Crippen molar-refractivity contribution in [2.24, 2.45) is 0 Å². The number of hydrogen-bond donors (Lipinski definition) is 3. The first-order valence-electron chi connectivity index (χ1n) is 12.5. The van der Waals surface area contributed by atoms with Gasteiger partial charge < -0.3 is 29.4 Å². The molecule has 3 aromatic rings. The molecule has 2 aliphatic rings. The van der Waals surface area contributed by atoms with E-state index in [4.69, 9.17) is 28.8 Å². The van der Waals surface area contributed by atoms with Crippen LogP contribution < -0.4 is 14.8 Å². The van der Waals surface area contributed by atoms with Crippen LogP contribution in [0.5, 0.6) is 11.5 Å². The molecule has 2 aromatic heterocycles. The highest BCUT2D eigenvalue weighted by Gasteiger charge is 2.38. The zero-order chi connectivity index (χ0) is 28.7. The Hall–Kier alpha value is -4.36. The van der Waals surface area contributed by atoms with Crippen molar-refractivity contribution in [2.75, 3.05) is 18.7 Å². The number of rotatable bonds is 9. The summed E-state index contributed by atoms with van der Waals surface area (Å²) in [5.74, 6) is -0.663. The largest absolute Gasteiger partial charge is 0.490 e. The number of carboxylic acids is 2. The number of ether oxygens (including phenoxy) is 2. The predicted octanol–water partition coefficient (Wildman–Crippen LogP) is 4.16. The number of benzene rings is 1. The Kier molecular flexibility index (Phi) is 9.07. The van der Waals surface area contributed by atoms with Crippen LogP contribution in [0.25, 0.3) is 0 Å². The zero-order valence-electron chi connectivity index (χ0n) is 21.2. The molecular weight excluding hydrogens is 537 g/mol. The summed E-state index contributed by atoms with van der Waals surface area (Å²) in [6.45, 7) is 1.15. The monoisotopic (exact) mass is 564 g/mol. The Balaban J connectivity index is 0.000000470. The van der Waals surface area contributed by atoms with Gasteiger partial charge >= 0.3 is 18.1 Å². The average Bonchev–Trinajstić information content (AvgIpc) is 3.57. The van der Waals surface area contributed by atoms with E-state index >= 15 is 0 Å². The van der Waals surface area contributed by atoms with Gasteiger partial charge in [0.1, 0.15) is 5.82 Å². The quantitative estimate of drug-likeness (QED) is 0.343. The summed E-state index contributed by atoms with van der Waals surface area (Å²) in [5, 5.41) is 28.2. The van der Waals surface area contributed by atoms with Crippen LogP contribution in [-0.2, 0) is 35.3 Å². The van der Waals surface area contributed by atoms with Crippen molar-refractivity contribution in [3.05, 3.63) is 58.9 Å². The van der Waals surface area contributed by atoms with Gasteiger partial charge in [-0.2, -0.15) is 13.2 Å². The summed E-state index contributed by atoms with van der Waals surface area (Å²) >= 11 is 0. The summed E-state index contributed by atoms with van der Waals surface area (Å²) in [6, 6.07) is 9.74. The van der Waals surface area contributed by atoms with Crippen molar-refractivity contribution in [1.82, 2.24) is 15.2 Å². The number of fused-ring (bicyclic) bond motifs is 2. The number of pyridine rings is 1. The summed E-state index contributed by atoms with van der Waals surface area (Å²) in [5.41, 5.74) is 3.17.